The molecule has 0 atom stereocenters. The van der Waals surface area contributed by atoms with Crippen LogP contribution in [0.15, 0.2) is 42.6 Å². The monoisotopic (exact) mass is 429 g/mol. The number of hydrogen-bond donors (Lipinski definition) is 1. The average molecular weight is 430 g/mol. The molecule has 0 spiro atoms. The summed E-state index contributed by atoms with van der Waals surface area (Å²) in [6.07, 6.45) is -2.95. The summed E-state index contributed by atoms with van der Waals surface area (Å²) in [7, 11) is 1.74. The number of carbonyl (C=O) groups excluding carboxylic acids is 1. The summed E-state index contributed by atoms with van der Waals surface area (Å²) in [5, 5.41) is 10.4. The number of amides is 1. The maximum Gasteiger partial charge on any atom is 0.435 e. The average Bonchev–Trinajstić information content (AvgIpc) is 3.24. The van der Waals surface area contributed by atoms with E-state index < -0.39 is 24.4 Å². The highest BCUT2D eigenvalue weighted by molar-refractivity contribution is 6.32. The van der Waals surface area contributed by atoms with E-state index >= 15 is 0 Å². The first kappa shape index (κ1) is 22.3. The minimum atomic E-state index is -4.67. The molecule has 0 aliphatic rings. The first-order chi connectivity index (χ1) is 13.2. The lowest BCUT2D eigenvalue weighted by Gasteiger charge is -2.10. The quantitative estimate of drug-likeness (QED) is 0.649. The van der Waals surface area contributed by atoms with Crippen molar-refractivity contribution in [3.63, 3.8) is 0 Å². The van der Waals surface area contributed by atoms with Crippen LogP contribution >= 0.6 is 11.6 Å². The zero-order valence-electron chi connectivity index (χ0n) is 14.6. The lowest BCUT2D eigenvalue weighted by Crippen LogP contribution is -2.29. The zero-order valence-corrected chi connectivity index (χ0v) is 15.3. The molecule has 0 saturated carbocycles. The normalized spacial score (nSPS) is 11.1. The number of halogens is 4. The second-order valence-corrected chi connectivity index (χ2v) is 6.18. The van der Waals surface area contributed by atoms with Gasteiger partial charge in [-0.3, -0.25) is 9.48 Å². The molecule has 3 aromatic rings. The molecule has 2 heterocycles. The van der Waals surface area contributed by atoms with Crippen LogP contribution in [-0.4, -0.2) is 32.1 Å². The van der Waals surface area contributed by atoms with Crippen LogP contribution in [0.5, 0.6) is 5.88 Å². The molecule has 11 heteroatoms. The number of nitrogens with one attached hydrogen (secondary N) is 1. The van der Waals surface area contributed by atoms with Gasteiger partial charge in [-0.2, -0.15) is 28.1 Å². The lowest BCUT2D eigenvalue weighted by atomic mass is 10.3. The van der Waals surface area contributed by atoms with Gasteiger partial charge in [0, 0.05) is 19.3 Å². The molecule has 0 fully saturated rings. The van der Waals surface area contributed by atoms with Gasteiger partial charge in [-0.15, -0.1) is 0 Å². The molecule has 0 radical (unpaired) electrons. The Morgan fingerprint density at radius 2 is 1.97 bits per heavy atom. The van der Waals surface area contributed by atoms with Crippen LogP contribution < -0.4 is 10.1 Å². The van der Waals surface area contributed by atoms with Gasteiger partial charge in [-0.05, 0) is 18.2 Å². The molecule has 7 nitrogen and oxygen atoms in total. The molecule has 0 aliphatic heterocycles. The van der Waals surface area contributed by atoms with Crippen molar-refractivity contribution in [2.45, 2.75) is 20.1 Å². The van der Waals surface area contributed by atoms with Crippen LogP contribution in [0, 0.1) is 0 Å². The smallest absolute Gasteiger partial charge is 0.435 e. The fourth-order valence-electron chi connectivity index (χ4n) is 2.34. The van der Waals surface area contributed by atoms with E-state index in [2.05, 4.69) is 15.5 Å². The van der Waals surface area contributed by atoms with Gasteiger partial charge in [0.05, 0.1) is 22.9 Å². The summed E-state index contributed by atoms with van der Waals surface area (Å²) in [5.74, 6) is -0.778. The van der Waals surface area contributed by atoms with Crippen molar-refractivity contribution < 1.29 is 22.7 Å². The minimum Gasteiger partial charge on any atom is -0.467 e. The third-order valence-corrected chi connectivity index (χ3v) is 3.95. The largest absolute Gasteiger partial charge is 0.467 e. The van der Waals surface area contributed by atoms with Crippen LogP contribution in [0.1, 0.15) is 18.8 Å². The third kappa shape index (κ3) is 5.50. The number of benzene rings is 1. The highest BCUT2D eigenvalue weighted by Crippen LogP contribution is 2.33. The second kappa shape index (κ2) is 8.99. The molecule has 3 rings (SSSR count). The maximum atomic E-state index is 13.1. The van der Waals surface area contributed by atoms with Crippen LogP contribution in [0.3, 0.4) is 0 Å². The van der Waals surface area contributed by atoms with Gasteiger partial charge in [-0.1, -0.05) is 31.2 Å². The van der Waals surface area contributed by atoms with Gasteiger partial charge < -0.3 is 10.1 Å². The summed E-state index contributed by atoms with van der Waals surface area (Å²) < 4.78 is 46.9. The fraction of sp³-hybridized carbons (Fsp3) is 0.278. The molecular weight excluding hydrogens is 411 g/mol. The number of hydrogen-bond acceptors (Lipinski definition) is 4. The molecule has 29 heavy (non-hydrogen) atoms. The van der Waals surface area contributed by atoms with Crippen LogP contribution in [0.2, 0.25) is 5.02 Å². The van der Waals surface area contributed by atoms with Gasteiger partial charge in [-0.25, -0.2) is 0 Å². The molecule has 1 amide bonds. The van der Waals surface area contributed by atoms with Gasteiger partial charge >= 0.3 is 6.18 Å². The molecule has 0 unspecified atom stereocenters. The Kier molecular flexibility index (Phi) is 6.91. The molecule has 1 aromatic carbocycles. The topological polar surface area (TPSA) is 74.0 Å². The van der Waals surface area contributed by atoms with Crippen molar-refractivity contribution in [2.75, 3.05) is 6.61 Å². The summed E-state index contributed by atoms with van der Waals surface area (Å²) >= 11 is 6.05. The Hall–Kier alpha value is -3.01. The molecule has 1 N–H and O–H groups in total. The van der Waals surface area contributed by atoms with Crippen molar-refractivity contribution in [1.29, 1.82) is 0 Å². The number of para-hydroxylation sites is 1. The number of nitrogens with zero attached hydrogens (tertiary/aromatic N) is 4. The Labute approximate surface area is 170 Å². The van der Waals surface area contributed by atoms with Crippen molar-refractivity contribution in [3.05, 3.63) is 59.0 Å². The van der Waals surface area contributed by atoms with Gasteiger partial charge in [0.1, 0.15) is 0 Å². The summed E-state index contributed by atoms with van der Waals surface area (Å²) in [6, 6.07) is 8.67. The lowest BCUT2D eigenvalue weighted by molar-refractivity contribution is -0.141. The second-order valence-electron chi connectivity index (χ2n) is 5.77. The van der Waals surface area contributed by atoms with E-state index in [1.54, 1.807) is 36.1 Å². The predicted octanol–water partition coefficient (Wildman–Crippen LogP) is 3.61. The number of ether oxygens (including phenoxy) is 1. The Morgan fingerprint density at radius 1 is 1.24 bits per heavy atom. The fourth-order valence-corrected chi connectivity index (χ4v) is 2.55. The molecule has 2 aromatic heterocycles. The molecule has 0 saturated heterocycles. The van der Waals surface area contributed by atoms with Crippen molar-refractivity contribution in [3.8, 4) is 11.6 Å². The Balaban J connectivity index is 0.00000300. The van der Waals surface area contributed by atoms with Crippen LogP contribution in [0.4, 0.5) is 13.2 Å². The van der Waals surface area contributed by atoms with E-state index in [0.717, 1.165) is 10.7 Å². The van der Waals surface area contributed by atoms with Gasteiger partial charge in [0.15, 0.2) is 12.3 Å². The summed E-state index contributed by atoms with van der Waals surface area (Å²) in [5.41, 5.74) is -0.323. The van der Waals surface area contributed by atoms with Crippen molar-refractivity contribution in [2.24, 2.45) is 7.05 Å². The van der Waals surface area contributed by atoms with Crippen LogP contribution in [-0.2, 0) is 24.6 Å². The van der Waals surface area contributed by atoms with Crippen molar-refractivity contribution in [1.82, 2.24) is 24.9 Å². The first-order valence-electron chi connectivity index (χ1n) is 8.04. The number of carbonyl (C=O) groups is 1. The molecule has 0 bridgehead atoms. The Bertz CT molecular complexity index is 984. The van der Waals surface area contributed by atoms with E-state index in [-0.39, 0.29) is 30.6 Å². The van der Waals surface area contributed by atoms with E-state index in [4.69, 9.17) is 16.3 Å². The zero-order chi connectivity index (χ0) is 20.3. The highest BCUT2D eigenvalue weighted by atomic mass is 35.5. The summed E-state index contributed by atoms with van der Waals surface area (Å²) in [6.45, 7) is -0.332. The highest BCUT2D eigenvalue weighted by Gasteiger charge is 2.35. The summed E-state index contributed by atoms with van der Waals surface area (Å²) in [4.78, 5) is 12.0. The van der Waals surface area contributed by atoms with E-state index in [9.17, 15) is 18.0 Å². The minimum absolute atomic E-state index is 0. The van der Waals surface area contributed by atoms with Gasteiger partial charge in [0.2, 0.25) is 5.88 Å². The Morgan fingerprint density at radius 3 is 2.59 bits per heavy atom. The molecule has 156 valence electrons. The number of aryl methyl sites for hydroxylation is 1. The molecular formula is C18H19ClF3N5O2. The SMILES string of the molecule is C.Cn1ccc(CNC(=O)COc2cc(C(F)(F)F)nn2-c2ccccc2Cl)n1. The van der Waals surface area contributed by atoms with E-state index in [0.29, 0.717) is 5.69 Å². The third-order valence-electron chi connectivity index (χ3n) is 3.63. The van der Waals surface area contributed by atoms with Crippen molar-refractivity contribution >= 4 is 17.5 Å². The number of rotatable bonds is 6. The van der Waals surface area contributed by atoms with E-state index in [1.807, 2.05) is 0 Å². The van der Waals surface area contributed by atoms with Crippen LogP contribution in [0.25, 0.3) is 5.69 Å². The predicted molar refractivity (Wildman–Crippen MR) is 101 cm³/mol. The molecule has 0 aliphatic carbocycles. The van der Waals surface area contributed by atoms with Gasteiger partial charge in [0.25, 0.3) is 5.91 Å². The standard InChI is InChI=1S/C17H15ClF3N5O2.CH4/c1-25-7-6-11(23-25)9-22-15(27)10-28-16-8-14(17(19,20)21)24-26(16)13-5-3-2-4-12(13)18;/h2-8H,9-10H2,1H3,(H,22,27);1H4. The number of alkyl halides is 3. The van der Waals surface area contributed by atoms with E-state index in [1.165, 1.54) is 12.1 Å². The number of aromatic nitrogens is 4. The first-order valence-corrected chi connectivity index (χ1v) is 8.42. The maximum absolute atomic E-state index is 13.1.